The predicted molar refractivity (Wildman–Crippen MR) is 57.3 cm³/mol. The van der Waals surface area contributed by atoms with Crippen LogP contribution in [-0.2, 0) is 9.59 Å². The van der Waals surface area contributed by atoms with E-state index in [1.165, 1.54) is 0 Å². The fourth-order valence-corrected chi connectivity index (χ4v) is 1.34. The number of rotatable bonds is 5. The zero-order chi connectivity index (χ0) is 12.1. The second-order valence-electron chi connectivity index (χ2n) is 4.90. The second-order valence-corrected chi connectivity index (χ2v) is 4.90. The van der Waals surface area contributed by atoms with Gasteiger partial charge in [0.1, 0.15) is 6.54 Å². The van der Waals surface area contributed by atoms with E-state index in [0.29, 0.717) is 0 Å². The van der Waals surface area contributed by atoms with Crippen molar-refractivity contribution >= 4 is 11.9 Å². The van der Waals surface area contributed by atoms with Gasteiger partial charge in [-0.1, -0.05) is 20.8 Å². The SMILES string of the molecule is CC(C)(C)CC(N)CC(=O)NCC(=O)O. The van der Waals surface area contributed by atoms with Gasteiger partial charge in [-0.2, -0.15) is 0 Å². The van der Waals surface area contributed by atoms with E-state index in [2.05, 4.69) is 5.32 Å². The summed E-state index contributed by atoms with van der Waals surface area (Å²) >= 11 is 0. The molecule has 0 saturated carbocycles. The third-order valence-electron chi connectivity index (χ3n) is 1.76. The highest BCUT2D eigenvalue weighted by molar-refractivity contribution is 5.81. The van der Waals surface area contributed by atoms with E-state index >= 15 is 0 Å². The normalized spacial score (nSPS) is 13.3. The number of nitrogens with one attached hydrogen (secondary N) is 1. The van der Waals surface area contributed by atoms with E-state index in [1.807, 2.05) is 20.8 Å². The van der Waals surface area contributed by atoms with E-state index in [4.69, 9.17) is 10.8 Å². The molecule has 0 radical (unpaired) electrons. The van der Waals surface area contributed by atoms with Gasteiger partial charge in [-0.3, -0.25) is 9.59 Å². The maximum Gasteiger partial charge on any atom is 0.322 e. The fourth-order valence-electron chi connectivity index (χ4n) is 1.34. The molecule has 0 aliphatic carbocycles. The summed E-state index contributed by atoms with van der Waals surface area (Å²) in [5.41, 5.74) is 5.83. The topological polar surface area (TPSA) is 92.4 Å². The number of carbonyl (C=O) groups excluding carboxylic acids is 1. The number of amides is 1. The van der Waals surface area contributed by atoms with Gasteiger partial charge in [0.2, 0.25) is 5.91 Å². The lowest BCUT2D eigenvalue weighted by molar-refractivity contribution is -0.138. The van der Waals surface area contributed by atoms with Crippen molar-refractivity contribution in [2.45, 2.75) is 39.7 Å². The number of nitrogens with two attached hydrogens (primary N) is 1. The molecule has 1 unspecified atom stereocenters. The summed E-state index contributed by atoms with van der Waals surface area (Å²) in [5, 5.41) is 10.6. The Morgan fingerprint density at radius 1 is 1.40 bits per heavy atom. The molecule has 0 aliphatic rings. The van der Waals surface area contributed by atoms with Gasteiger partial charge in [0, 0.05) is 12.5 Å². The Labute approximate surface area is 90.0 Å². The second kappa shape index (κ2) is 5.70. The largest absolute Gasteiger partial charge is 0.480 e. The molecule has 1 amide bonds. The minimum absolute atomic E-state index is 0.0759. The smallest absolute Gasteiger partial charge is 0.322 e. The van der Waals surface area contributed by atoms with Crippen LogP contribution < -0.4 is 11.1 Å². The lowest BCUT2D eigenvalue weighted by Crippen LogP contribution is -2.36. The number of carboxylic acids is 1. The van der Waals surface area contributed by atoms with Crippen molar-refractivity contribution in [1.82, 2.24) is 5.32 Å². The molecule has 5 nitrogen and oxygen atoms in total. The fraction of sp³-hybridized carbons (Fsp3) is 0.800. The van der Waals surface area contributed by atoms with Gasteiger partial charge in [-0.25, -0.2) is 0 Å². The van der Waals surface area contributed by atoms with Crippen LogP contribution in [0, 0.1) is 5.41 Å². The molecule has 0 fully saturated rings. The van der Waals surface area contributed by atoms with Crippen LogP contribution in [-0.4, -0.2) is 29.6 Å². The highest BCUT2D eigenvalue weighted by Crippen LogP contribution is 2.20. The zero-order valence-corrected chi connectivity index (χ0v) is 9.54. The van der Waals surface area contributed by atoms with E-state index in [9.17, 15) is 9.59 Å². The third-order valence-corrected chi connectivity index (χ3v) is 1.76. The van der Waals surface area contributed by atoms with Crippen LogP contribution in [0.5, 0.6) is 0 Å². The summed E-state index contributed by atoms with van der Waals surface area (Å²) in [4.78, 5) is 21.4. The molecule has 0 aromatic heterocycles. The van der Waals surface area contributed by atoms with E-state index in [1.54, 1.807) is 0 Å². The van der Waals surface area contributed by atoms with Crippen LogP contribution in [0.15, 0.2) is 0 Å². The maximum atomic E-state index is 11.2. The molecule has 5 heteroatoms. The monoisotopic (exact) mass is 216 g/mol. The number of aliphatic carboxylic acids is 1. The molecule has 0 bridgehead atoms. The highest BCUT2D eigenvalue weighted by atomic mass is 16.4. The molecule has 0 aliphatic heterocycles. The molecule has 0 heterocycles. The molecule has 0 saturated heterocycles. The molecule has 1 atom stereocenters. The lowest BCUT2D eigenvalue weighted by atomic mass is 9.87. The standard InChI is InChI=1S/C10H20N2O3/c1-10(2,3)5-7(11)4-8(13)12-6-9(14)15/h7H,4-6,11H2,1-3H3,(H,12,13)(H,14,15). The summed E-state index contributed by atoms with van der Waals surface area (Å²) in [7, 11) is 0. The first-order valence-electron chi connectivity index (χ1n) is 4.95. The van der Waals surface area contributed by atoms with Crippen molar-refractivity contribution in [3.8, 4) is 0 Å². The van der Waals surface area contributed by atoms with Crippen molar-refractivity contribution < 1.29 is 14.7 Å². The Hall–Kier alpha value is -1.10. The van der Waals surface area contributed by atoms with Gasteiger partial charge in [-0.05, 0) is 11.8 Å². The quantitative estimate of drug-likeness (QED) is 0.618. The minimum Gasteiger partial charge on any atom is -0.480 e. The molecule has 0 rings (SSSR count). The first-order chi connectivity index (χ1) is 6.70. The van der Waals surface area contributed by atoms with Gasteiger partial charge in [0.15, 0.2) is 0 Å². The Kier molecular flexibility index (Phi) is 5.28. The lowest BCUT2D eigenvalue weighted by Gasteiger charge is -2.22. The molecule has 88 valence electrons. The first-order valence-corrected chi connectivity index (χ1v) is 4.95. The molecule has 0 spiro atoms. The van der Waals surface area contributed by atoms with Crippen molar-refractivity contribution in [3.63, 3.8) is 0 Å². The number of carbonyl (C=O) groups is 2. The molecular weight excluding hydrogens is 196 g/mol. The Bertz CT molecular complexity index is 233. The van der Waals surface area contributed by atoms with Crippen LogP contribution in [0.25, 0.3) is 0 Å². The minimum atomic E-state index is -1.05. The van der Waals surface area contributed by atoms with Crippen LogP contribution in [0.4, 0.5) is 0 Å². The number of hydrogen-bond acceptors (Lipinski definition) is 3. The van der Waals surface area contributed by atoms with Crippen LogP contribution in [0.2, 0.25) is 0 Å². The van der Waals surface area contributed by atoms with Crippen molar-refractivity contribution in [2.24, 2.45) is 11.1 Å². The Balaban J connectivity index is 3.81. The number of carboxylic acid groups (broad SMARTS) is 1. The Morgan fingerprint density at radius 2 is 1.93 bits per heavy atom. The average Bonchev–Trinajstić information content (AvgIpc) is 1.96. The molecule has 15 heavy (non-hydrogen) atoms. The highest BCUT2D eigenvalue weighted by Gasteiger charge is 2.18. The van der Waals surface area contributed by atoms with Gasteiger partial charge in [0.25, 0.3) is 0 Å². The molecule has 0 aromatic carbocycles. The summed E-state index contributed by atoms with van der Waals surface area (Å²) in [6.07, 6.45) is 0.901. The van der Waals surface area contributed by atoms with E-state index in [0.717, 1.165) is 6.42 Å². The summed E-state index contributed by atoms with van der Waals surface area (Å²) in [6, 6.07) is -0.223. The first kappa shape index (κ1) is 13.9. The molecule has 4 N–H and O–H groups in total. The van der Waals surface area contributed by atoms with Gasteiger partial charge in [-0.15, -0.1) is 0 Å². The van der Waals surface area contributed by atoms with Crippen molar-refractivity contribution in [3.05, 3.63) is 0 Å². The summed E-state index contributed by atoms with van der Waals surface area (Å²) < 4.78 is 0. The number of hydrogen-bond donors (Lipinski definition) is 3. The van der Waals surface area contributed by atoms with Gasteiger partial charge in [0.05, 0.1) is 0 Å². The summed E-state index contributed by atoms with van der Waals surface area (Å²) in [5.74, 6) is -1.36. The van der Waals surface area contributed by atoms with Crippen molar-refractivity contribution in [2.75, 3.05) is 6.54 Å². The van der Waals surface area contributed by atoms with Crippen LogP contribution in [0.3, 0.4) is 0 Å². The van der Waals surface area contributed by atoms with Gasteiger partial charge >= 0.3 is 5.97 Å². The Morgan fingerprint density at radius 3 is 2.33 bits per heavy atom. The predicted octanol–water partition coefficient (Wildman–Crippen LogP) is 0.341. The molecular formula is C10H20N2O3. The summed E-state index contributed by atoms with van der Waals surface area (Å²) in [6.45, 7) is 5.78. The van der Waals surface area contributed by atoms with Crippen LogP contribution in [0.1, 0.15) is 33.6 Å². The zero-order valence-electron chi connectivity index (χ0n) is 9.54. The molecule has 0 aromatic rings. The van der Waals surface area contributed by atoms with Crippen LogP contribution >= 0.6 is 0 Å². The van der Waals surface area contributed by atoms with Crippen molar-refractivity contribution in [1.29, 1.82) is 0 Å². The maximum absolute atomic E-state index is 11.2. The van der Waals surface area contributed by atoms with E-state index < -0.39 is 5.97 Å². The third kappa shape index (κ3) is 9.21. The van der Waals surface area contributed by atoms with E-state index in [-0.39, 0.29) is 30.3 Å². The van der Waals surface area contributed by atoms with Gasteiger partial charge < -0.3 is 16.2 Å². The average molecular weight is 216 g/mol.